The molecule has 0 radical (unpaired) electrons. The highest BCUT2D eigenvalue weighted by molar-refractivity contribution is 9.10. The van der Waals surface area contributed by atoms with Crippen molar-refractivity contribution in [1.82, 2.24) is 14.9 Å². The first-order chi connectivity index (χ1) is 11.6. The molecular weight excluding hydrogens is 381 g/mol. The molecule has 1 saturated heterocycles. The van der Waals surface area contributed by atoms with Crippen LogP contribution in [0.25, 0.3) is 0 Å². The van der Waals surface area contributed by atoms with Gasteiger partial charge < -0.3 is 14.4 Å². The minimum absolute atomic E-state index is 0.105. The second kappa shape index (κ2) is 7.12. The Labute approximate surface area is 146 Å². The maximum Gasteiger partial charge on any atom is 0.316 e. The molecule has 1 amide bonds. The minimum Gasteiger partial charge on any atom is -0.497 e. The normalized spacial score (nSPS) is 17.0. The second-order valence-electron chi connectivity index (χ2n) is 5.31. The molecule has 0 saturated carbocycles. The number of halogens is 2. The lowest BCUT2D eigenvalue weighted by molar-refractivity contribution is 0.0768. The summed E-state index contributed by atoms with van der Waals surface area (Å²) in [7, 11) is 1.56. The molecule has 3 rings (SSSR count). The standard InChI is InChI=1S/C16H15BrFN3O3/c1-23-11-2-3-14(17)13(6-11)15(22)21-5-4-12(9-21)24-16-19-7-10(18)8-20-16/h2-3,6-8,12H,4-5,9H2,1H3. The second-order valence-corrected chi connectivity index (χ2v) is 6.16. The van der Waals surface area contributed by atoms with Crippen molar-refractivity contribution < 1.29 is 18.7 Å². The van der Waals surface area contributed by atoms with E-state index >= 15 is 0 Å². The van der Waals surface area contributed by atoms with Crippen LogP contribution in [0.2, 0.25) is 0 Å². The zero-order chi connectivity index (χ0) is 17.1. The third kappa shape index (κ3) is 3.64. The van der Waals surface area contributed by atoms with E-state index in [2.05, 4.69) is 25.9 Å². The molecule has 24 heavy (non-hydrogen) atoms. The quantitative estimate of drug-likeness (QED) is 0.795. The smallest absolute Gasteiger partial charge is 0.316 e. The highest BCUT2D eigenvalue weighted by atomic mass is 79.9. The fourth-order valence-corrected chi connectivity index (χ4v) is 2.90. The van der Waals surface area contributed by atoms with Crippen LogP contribution in [0.15, 0.2) is 35.1 Å². The average Bonchev–Trinajstić information content (AvgIpc) is 3.05. The summed E-state index contributed by atoms with van der Waals surface area (Å²) < 4.78 is 24.3. The molecule has 2 heterocycles. The molecule has 0 aliphatic carbocycles. The van der Waals surface area contributed by atoms with E-state index < -0.39 is 5.82 Å². The molecule has 126 valence electrons. The van der Waals surface area contributed by atoms with E-state index in [-0.39, 0.29) is 18.0 Å². The van der Waals surface area contributed by atoms with Crippen LogP contribution in [0.4, 0.5) is 4.39 Å². The van der Waals surface area contributed by atoms with E-state index in [1.807, 2.05) is 0 Å². The van der Waals surface area contributed by atoms with Crippen molar-refractivity contribution in [3.8, 4) is 11.8 Å². The number of hydrogen-bond donors (Lipinski definition) is 0. The summed E-state index contributed by atoms with van der Waals surface area (Å²) in [5.41, 5.74) is 0.535. The van der Waals surface area contributed by atoms with Gasteiger partial charge in [0, 0.05) is 17.4 Å². The van der Waals surface area contributed by atoms with Crippen molar-refractivity contribution in [1.29, 1.82) is 0 Å². The first kappa shape index (κ1) is 16.6. The molecular formula is C16H15BrFN3O3. The number of likely N-dealkylation sites (tertiary alicyclic amines) is 1. The first-order valence-corrected chi connectivity index (χ1v) is 8.13. The van der Waals surface area contributed by atoms with Gasteiger partial charge in [-0.05, 0) is 34.1 Å². The van der Waals surface area contributed by atoms with Crippen molar-refractivity contribution in [2.24, 2.45) is 0 Å². The molecule has 2 aromatic rings. The van der Waals surface area contributed by atoms with Crippen molar-refractivity contribution in [2.45, 2.75) is 12.5 Å². The van der Waals surface area contributed by atoms with Crippen LogP contribution in [0.3, 0.4) is 0 Å². The van der Waals surface area contributed by atoms with Crippen LogP contribution in [-0.4, -0.2) is 47.1 Å². The molecule has 0 N–H and O–H groups in total. The van der Waals surface area contributed by atoms with Crippen LogP contribution in [0.5, 0.6) is 11.8 Å². The average molecular weight is 396 g/mol. The third-order valence-corrected chi connectivity index (χ3v) is 4.40. The molecule has 1 atom stereocenters. The van der Waals surface area contributed by atoms with Gasteiger partial charge >= 0.3 is 6.01 Å². The largest absolute Gasteiger partial charge is 0.497 e. The van der Waals surface area contributed by atoms with Gasteiger partial charge in [0.1, 0.15) is 11.9 Å². The molecule has 0 bridgehead atoms. The van der Waals surface area contributed by atoms with Gasteiger partial charge in [-0.2, -0.15) is 0 Å². The van der Waals surface area contributed by atoms with Gasteiger partial charge in [0.05, 0.1) is 31.6 Å². The Morgan fingerprint density at radius 3 is 2.83 bits per heavy atom. The fourth-order valence-electron chi connectivity index (χ4n) is 2.48. The minimum atomic E-state index is -0.520. The van der Waals surface area contributed by atoms with Gasteiger partial charge in [0.25, 0.3) is 5.91 Å². The summed E-state index contributed by atoms with van der Waals surface area (Å²) in [6, 6.07) is 5.37. The van der Waals surface area contributed by atoms with Gasteiger partial charge in [-0.25, -0.2) is 14.4 Å². The van der Waals surface area contributed by atoms with Crippen LogP contribution < -0.4 is 9.47 Å². The van der Waals surface area contributed by atoms with Gasteiger partial charge in [-0.3, -0.25) is 4.79 Å². The molecule has 1 aliphatic rings. The lowest BCUT2D eigenvalue weighted by atomic mass is 10.2. The molecule has 6 nitrogen and oxygen atoms in total. The molecule has 1 aliphatic heterocycles. The van der Waals surface area contributed by atoms with Crippen LogP contribution in [0, 0.1) is 5.82 Å². The zero-order valence-electron chi connectivity index (χ0n) is 12.9. The van der Waals surface area contributed by atoms with Crippen molar-refractivity contribution in [3.63, 3.8) is 0 Å². The lowest BCUT2D eigenvalue weighted by Gasteiger charge is -2.18. The van der Waals surface area contributed by atoms with E-state index in [0.717, 1.165) is 12.4 Å². The maximum absolute atomic E-state index is 12.8. The van der Waals surface area contributed by atoms with Gasteiger partial charge in [0.2, 0.25) is 0 Å². The Morgan fingerprint density at radius 1 is 1.38 bits per heavy atom. The molecule has 1 fully saturated rings. The Kier molecular flexibility index (Phi) is 4.94. The van der Waals surface area contributed by atoms with E-state index in [9.17, 15) is 9.18 Å². The Hall–Kier alpha value is -2.22. The van der Waals surface area contributed by atoms with Gasteiger partial charge in [0.15, 0.2) is 5.82 Å². The number of carbonyl (C=O) groups is 1. The summed E-state index contributed by atoms with van der Waals surface area (Å²) in [5.74, 6) is -0.00592. The summed E-state index contributed by atoms with van der Waals surface area (Å²) in [6.07, 6.45) is 2.54. The third-order valence-electron chi connectivity index (χ3n) is 3.70. The van der Waals surface area contributed by atoms with Crippen molar-refractivity contribution in [2.75, 3.05) is 20.2 Å². The van der Waals surface area contributed by atoms with E-state index in [1.165, 1.54) is 0 Å². The summed E-state index contributed by atoms with van der Waals surface area (Å²) in [5, 5.41) is 0. The monoisotopic (exact) mass is 395 g/mol. The number of nitrogens with zero attached hydrogens (tertiary/aromatic N) is 3. The van der Waals surface area contributed by atoms with Crippen LogP contribution in [0.1, 0.15) is 16.8 Å². The number of benzene rings is 1. The van der Waals surface area contributed by atoms with Crippen LogP contribution >= 0.6 is 15.9 Å². The molecule has 1 unspecified atom stereocenters. The van der Waals surface area contributed by atoms with Gasteiger partial charge in [-0.1, -0.05) is 0 Å². The molecule has 0 spiro atoms. The number of aromatic nitrogens is 2. The fraction of sp³-hybridized carbons (Fsp3) is 0.312. The van der Waals surface area contributed by atoms with Crippen molar-refractivity contribution in [3.05, 3.63) is 46.4 Å². The maximum atomic E-state index is 12.8. The number of hydrogen-bond acceptors (Lipinski definition) is 5. The molecule has 8 heteroatoms. The number of amides is 1. The van der Waals surface area contributed by atoms with E-state index in [0.29, 0.717) is 35.3 Å². The number of ether oxygens (including phenoxy) is 2. The van der Waals surface area contributed by atoms with Crippen LogP contribution in [-0.2, 0) is 0 Å². The molecule has 1 aromatic heterocycles. The predicted octanol–water partition coefficient (Wildman–Crippen LogP) is 2.68. The Balaban J connectivity index is 1.66. The number of rotatable bonds is 4. The summed E-state index contributed by atoms with van der Waals surface area (Å²) in [4.78, 5) is 21.9. The highest BCUT2D eigenvalue weighted by Crippen LogP contribution is 2.25. The molecule has 1 aromatic carbocycles. The SMILES string of the molecule is COc1ccc(Br)c(C(=O)N2CCC(Oc3ncc(F)cn3)C2)c1. The van der Waals surface area contributed by atoms with Gasteiger partial charge in [-0.15, -0.1) is 0 Å². The van der Waals surface area contributed by atoms with E-state index in [4.69, 9.17) is 9.47 Å². The topological polar surface area (TPSA) is 64.5 Å². The Morgan fingerprint density at radius 2 is 2.12 bits per heavy atom. The predicted molar refractivity (Wildman–Crippen MR) is 87.6 cm³/mol. The summed E-state index contributed by atoms with van der Waals surface area (Å²) >= 11 is 3.39. The number of methoxy groups -OCH3 is 1. The lowest BCUT2D eigenvalue weighted by Crippen LogP contribution is -2.31. The zero-order valence-corrected chi connectivity index (χ0v) is 14.5. The first-order valence-electron chi connectivity index (χ1n) is 7.34. The Bertz CT molecular complexity index is 742. The van der Waals surface area contributed by atoms with Crippen molar-refractivity contribution >= 4 is 21.8 Å². The highest BCUT2D eigenvalue weighted by Gasteiger charge is 2.29. The number of carbonyl (C=O) groups excluding carboxylic acids is 1. The van der Waals surface area contributed by atoms with E-state index in [1.54, 1.807) is 30.2 Å². The summed E-state index contributed by atoms with van der Waals surface area (Å²) in [6.45, 7) is 0.984.